The molecule has 0 atom stereocenters. The molecule has 4 aromatic rings. The molecule has 0 aliphatic rings. The maximum absolute atomic E-state index is 6.04. The molecule has 6 heteroatoms. The van der Waals surface area contributed by atoms with Gasteiger partial charge in [0.1, 0.15) is 11.3 Å². The Labute approximate surface area is 155 Å². The van der Waals surface area contributed by atoms with E-state index in [0.717, 1.165) is 45.0 Å². The number of thiazole rings is 1. The van der Waals surface area contributed by atoms with Gasteiger partial charge in [0.2, 0.25) is 4.80 Å². The van der Waals surface area contributed by atoms with Crippen molar-refractivity contribution in [3.63, 3.8) is 0 Å². The molecule has 0 fully saturated rings. The second kappa shape index (κ2) is 7.09. The van der Waals surface area contributed by atoms with Crippen LogP contribution in [0.1, 0.15) is 20.3 Å². The van der Waals surface area contributed by atoms with Crippen molar-refractivity contribution in [2.75, 3.05) is 0 Å². The van der Waals surface area contributed by atoms with Crippen molar-refractivity contribution in [3.05, 3.63) is 65.0 Å². The second-order valence-corrected chi connectivity index (χ2v) is 6.71. The minimum absolute atomic E-state index is 0.779. The Morgan fingerprint density at radius 1 is 1.23 bits per heavy atom. The fourth-order valence-electron chi connectivity index (χ4n) is 2.52. The number of furan rings is 1. The minimum atomic E-state index is 0.779. The van der Waals surface area contributed by atoms with Crippen molar-refractivity contribution in [3.8, 4) is 11.5 Å². The van der Waals surface area contributed by atoms with Gasteiger partial charge in [0.25, 0.3) is 0 Å². The first-order valence-corrected chi connectivity index (χ1v) is 9.31. The summed E-state index contributed by atoms with van der Waals surface area (Å²) in [6, 6.07) is 13.8. The largest absolute Gasteiger partial charge is 0.454 e. The highest BCUT2D eigenvalue weighted by Gasteiger charge is 2.13. The van der Waals surface area contributed by atoms with Gasteiger partial charge in [-0.3, -0.25) is 4.98 Å². The Hall–Kier alpha value is -2.99. The average Bonchev–Trinajstić information content (AvgIpc) is 3.26. The smallest absolute Gasteiger partial charge is 0.211 e. The molecule has 0 saturated heterocycles. The molecule has 4 rings (SSSR count). The van der Waals surface area contributed by atoms with E-state index >= 15 is 0 Å². The van der Waals surface area contributed by atoms with Gasteiger partial charge in [-0.2, -0.15) is 5.10 Å². The van der Waals surface area contributed by atoms with Crippen molar-refractivity contribution in [1.82, 2.24) is 9.66 Å². The number of nitrogens with zero attached hydrogens (tertiary/aromatic N) is 4. The fraction of sp³-hybridized carbons (Fsp3) is 0.150. The van der Waals surface area contributed by atoms with E-state index in [1.807, 2.05) is 59.4 Å². The molecule has 0 spiro atoms. The van der Waals surface area contributed by atoms with Gasteiger partial charge in [0.15, 0.2) is 5.76 Å². The van der Waals surface area contributed by atoms with E-state index in [1.54, 1.807) is 12.4 Å². The zero-order valence-electron chi connectivity index (χ0n) is 14.6. The molecule has 1 aromatic carbocycles. The van der Waals surface area contributed by atoms with Crippen molar-refractivity contribution in [2.24, 2.45) is 10.1 Å². The van der Waals surface area contributed by atoms with Gasteiger partial charge in [0.05, 0.1) is 11.9 Å². The topological polar surface area (TPSA) is 55.7 Å². The third-order valence-corrected chi connectivity index (χ3v) is 4.83. The maximum atomic E-state index is 6.04. The van der Waals surface area contributed by atoms with Crippen molar-refractivity contribution in [2.45, 2.75) is 20.3 Å². The second-order valence-electron chi connectivity index (χ2n) is 5.88. The molecule has 5 nitrogen and oxygen atoms in total. The summed E-state index contributed by atoms with van der Waals surface area (Å²) in [7, 11) is 0. The van der Waals surface area contributed by atoms with Gasteiger partial charge in [-0.1, -0.05) is 25.1 Å². The number of hydrogen-bond acceptors (Lipinski definition) is 5. The molecule has 0 amide bonds. The summed E-state index contributed by atoms with van der Waals surface area (Å²) in [6.45, 7) is 4.10. The van der Waals surface area contributed by atoms with Crippen LogP contribution >= 0.6 is 11.3 Å². The van der Waals surface area contributed by atoms with Crippen molar-refractivity contribution < 1.29 is 4.42 Å². The number of benzene rings is 1. The van der Waals surface area contributed by atoms with E-state index in [9.17, 15) is 0 Å². The quantitative estimate of drug-likeness (QED) is 0.467. The van der Waals surface area contributed by atoms with Crippen LogP contribution in [0.2, 0.25) is 0 Å². The number of hydrogen-bond donors (Lipinski definition) is 0. The van der Waals surface area contributed by atoms with Crippen LogP contribution in [0.3, 0.4) is 0 Å². The zero-order chi connectivity index (χ0) is 17.9. The van der Waals surface area contributed by atoms with Crippen LogP contribution in [0, 0.1) is 0 Å². The molecule has 3 aromatic heterocycles. The Kier molecular flexibility index (Phi) is 4.50. The molecule has 0 radical (unpaired) electrons. The summed E-state index contributed by atoms with van der Waals surface area (Å²) in [4.78, 5) is 9.61. The summed E-state index contributed by atoms with van der Waals surface area (Å²) < 4.78 is 7.89. The van der Waals surface area contributed by atoms with Gasteiger partial charge >= 0.3 is 0 Å². The Bertz CT molecular complexity index is 1100. The van der Waals surface area contributed by atoms with E-state index in [1.165, 1.54) is 11.3 Å². The Balaban J connectivity index is 1.91. The number of pyridine rings is 1. The van der Waals surface area contributed by atoms with Crippen LogP contribution in [0.5, 0.6) is 0 Å². The molecule has 0 saturated carbocycles. The van der Waals surface area contributed by atoms with E-state index in [-0.39, 0.29) is 0 Å². The van der Waals surface area contributed by atoms with Gasteiger partial charge in [-0.05, 0) is 37.6 Å². The monoisotopic (exact) mass is 362 g/mol. The van der Waals surface area contributed by atoms with Crippen molar-refractivity contribution >= 4 is 33.7 Å². The summed E-state index contributed by atoms with van der Waals surface area (Å²) in [6.07, 6.45) is 4.34. The van der Waals surface area contributed by atoms with Gasteiger partial charge in [0, 0.05) is 22.7 Å². The Morgan fingerprint density at radius 3 is 2.88 bits per heavy atom. The average molecular weight is 362 g/mol. The summed E-state index contributed by atoms with van der Waals surface area (Å²) in [5, 5.41) is 7.85. The molecule has 0 bridgehead atoms. The normalized spacial score (nSPS) is 12.8. The van der Waals surface area contributed by atoms with Crippen LogP contribution in [-0.2, 0) is 0 Å². The van der Waals surface area contributed by atoms with Gasteiger partial charge < -0.3 is 4.42 Å². The van der Waals surface area contributed by atoms with E-state index < -0.39 is 0 Å². The highest BCUT2D eigenvalue weighted by atomic mass is 32.1. The predicted octanol–water partition coefficient (Wildman–Crippen LogP) is 5.22. The lowest BCUT2D eigenvalue weighted by Crippen LogP contribution is -2.13. The summed E-state index contributed by atoms with van der Waals surface area (Å²) >= 11 is 1.53. The number of aromatic nitrogens is 2. The van der Waals surface area contributed by atoms with E-state index in [2.05, 4.69) is 11.9 Å². The summed E-state index contributed by atoms with van der Waals surface area (Å²) in [5.74, 6) is 0.780. The molecule has 3 heterocycles. The third kappa shape index (κ3) is 3.23. The SMILES string of the molecule is CCC(C)=Nn1c(-c2cc3ccccc3o2)csc1=Nc1cccnc1. The van der Waals surface area contributed by atoms with Crippen LogP contribution in [-0.4, -0.2) is 15.4 Å². The summed E-state index contributed by atoms with van der Waals surface area (Å²) in [5.41, 5.74) is 3.57. The van der Waals surface area contributed by atoms with Crippen LogP contribution < -0.4 is 4.80 Å². The maximum Gasteiger partial charge on any atom is 0.211 e. The van der Waals surface area contributed by atoms with Crippen LogP contribution in [0.4, 0.5) is 5.69 Å². The minimum Gasteiger partial charge on any atom is -0.454 e. The lowest BCUT2D eigenvalue weighted by molar-refractivity contribution is 0.621. The molecule has 0 N–H and O–H groups in total. The van der Waals surface area contributed by atoms with Crippen LogP contribution in [0.25, 0.3) is 22.4 Å². The zero-order valence-corrected chi connectivity index (χ0v) is 15.4. The lowest BCUT2D eigenvalue weighted by atomic mass is 10.2. The van der Waals surface area contributed by atoms with Gasteiger partial charge in [-0.15, -0.1) is 11.3 Å². The molecular formula is C20H18N4OS. The first-order chi connectivity index (χ1) is 12.7. The van der Waals surface area contributed by atoms with E-state index in [0.29, 0.717) is 0 Å². The first-order valence-electron chi connectivity index (χ1n) is 8.43. The van der Waals surface area contributed by atoms with E-state index in [4.69, 9.17) is 14.5 Å². The predicted molar refractivity (Wildman–Crippen MR) is 106 cm³/mol. The third-order valence-electron chi connectivity index (χ3n) is 4.02. The Morgan fingerprint density at radius 2 is 2.12 bits per heavy atom. The molecular weight excluding hydrogens is 344 g/mol. The molecule has 0 unspecified atom stereocenters. The van der Waals surface area contributed by atoms with Crippen LogP contribution in [0.15, 0.2) is 74.7 Å². The highest BCUT2D eigenvalue weighted by molar-refractivity contribution is 7.07. The number of fused-ring (bicyclic) bond motifs is 1. The highest BCUT2D eigenvalue weighted by Crippen LogP contribution is 2.28. The first kappa shape index (κ1) is 16.5. The molecule has 130 valence electrons. The number of rotatable bonds is 4. The van der Waals surface area contributed by atoms with Gasteiger partial charge in [-0.25, -0.2) is 9.67 Å². The van der Waals surface area contributed by atoms with Crippen molar-refractivity contribution in [1.29, 1.82) is 0 Å². The molecule has 0 aliphatic carbocycles. The standard InChI is InChI=1S/C20H18N4OS/c1-3-14(2)23-24-17(19-11-15-7-4-5-9-18(15)25-19)13-26-20(24)22-16-8-6-10-21-12-16/h4-13H,3H2,1-2H3. The number of para-hydroxylation sites is 1. The molecule has 26 heavy (non-hydrogen) atoms. The fourth-order valence-corrected chi connectivity index (χ4v) is 3.35. The molecule has 0 aliphatic heterocycles. The lowest BCUT2D eigenvalue weighted by Gasteiger charge is -2.02.